The van der Waals surface area contributed by atoms with Crippen LogP contribution >= 0.6 is 0 Å². The standard InChI is InChI=1S/C16H24N2O3/c1-12(17)13-6-7-14(15(10-13)20-2)21-11-16(19)18-8-4-3-5-9-18/h6-7,10,12H,3-5,8-9,11,17H2,1-2H3/t12-/m1/s1. The minimum atomic E-state index is -0.0667. The summed E-state index contributed by atoms with van der Waals surface area (Å²) < 4.78 is 10.9. The van der Waals surface area contributed by atoms with E-state index in [1.54, 1.807) is 13.2 Å². The minimum Gasteiger partial charge on any atom is -0.493 e. The molecule has 1 atom stereocenters. The smallest absolute Gasteiger partial charge is 0.260 e. The summed E-state index contributed by atoms with van der Waals surface area (Å²) in [7, 11) is 1.58. The van der Waals surface area contributed by atoms with Gasteiger partial charge in [-0.2, -0.15) is 0 Å². The zero-order chi connectivity index (χ0) is 15.2. The lowest BCUT2D eigenvalue weighted by Crippen LogP contribution is -2.38. The van der Waals surface area contributed by atoms with Crippen LogP contribution < -0.4 is 15.2 Å². The van der Waals surface area contributed by atoms with Gasteiger partial charge in [0, 0.05) is 19.1 Å². The van der Waals surface area contributed by atoms with Crippen molar-refractivity contribution in [1.29, 1.82) is 0 Å². The van der Waals surface area contributed by atoms with Crippen molar-refractivity contribution in [1.82, 2.24) is 4.90 Å². The van der Waals surface area contributed by atoms with Gasteiger partial charge in [0.25, 0.3) is 5.91 Å². The molecule has 21 heavy (non-hydrogen) atoms. The van der Waals surface area contributed by atoms with Crippen LogP contribution in [0.5, 0.6) is 11.5 Å². The molecular weight excluding hydrogens is 268 g/mol. The van der Waals surface area contributed by atoms with E-state index in [0.29, 0.717) is 11.5 Å². The number of methoxy groups -OCH3 is 1. The molecule has 116 valence electrons. The van der Waals surface area contributed by atoms with E-state index < -0.39 is 0 Å². The Balaban J connectivity index is 1.97. The molecule has 0 saturated carbocycles. The van der Waals surface area contributed by atoms with Crippen LogP contribution in [-0.4, -0.2) is 37.6 Å². The average molecular weight is 292 g/mol. The zero-order valence-electron chi connectivity index (χ0n) is 12.8. The second kappa shape index (κ2) is 7.31. The highest BCUT2D eigenvalue weighted by atomic mass is 16.5. The Morgan fingerprint density at radius 1 is 1.29 bits per heavy atom. The van der Waals surface area contributed by atoms with Gasteiger partial charge in [0.15, 0.2) is 18.1 Å². The highest BCUT2D eigenvalue weighted by Crippen LogP contribution is 2.29. The maximum atomic E-state index is 12.1. The van der Waals surface area contributed by atoms with Crippen molar-refractivity contribution in [3.05, 3.63) is 23.8 Å². The topological polar surface area (TPSA) is 64.8 Å². The van der Waals surface area contributed by atoms with Gasteiger partial charge >= 0.3 is 0 Å². The lowest BCUT2D eigenvalue weighted by molar-refractivity contribution is -0.134. The van der Waals surface area contributed by atoms with Gasteiger partial charge < -0.3 is 20.1 Å². The Hall–Kier alpha value is -1.75. The van der Waals surface area contributed by atoms with Crippen molar-refractivity contribution in [3.63, 3.8) is 0 Å². The van der Waals surface area contributed by atoms with Crippen LogP contribution in [0.3, 0.4) is 0 Å². The SMILES string of the molecule is COc1cc([C@@H](C)N)ccc1OCC(=O)N1CCCCC1. The number of benzene rings is 1. The Bertz CT molecular complexity index is 482. The van der Waals surface area contributed by atoms with Crippen LogP contribution in [-0.2, 0) is 4.79 Å². The van der Waals surface area contributed by atoms with E-state index in [1.165, 1.54) is 6.42 Å². The molecule has 5 heteroatoms. The fourth-order valence-electron chi connectivity index (χ4n) is 2.46. The molecule has 1 aliphatic heterocycles. The summed E-state index contributed by atoms with van der Waals surface area (Å²) in [6.45, 7) is 3.63. The fraction of sp³-hybridized carbons (Fsp3) is 0.562. The second-order valence-corrected chi connectivity index (χ2v) is 5.43. The summed E-state index contributed by atoms with van der Waals surface area (Å²) in [5, 5.41) is 0. The molecule has 1 saturated heterocycles. The molecule has 2 N–H and O–H groups in total. The number of ether oxygens (including phenoxy) is 2. The Morgan fingerprint density at radius 2 is 2.00 bits per heavy atom. The van der Waals surface area contributed by atoms with Crippen molar-refractivity contribution in [2.45, 2.75) is 32.2 Å². The van der Waals surface area contributed by atoms with Gasteiger partial charge in [-0.05, 0) is 43.9 Å². The van der Waals surface area contributed by atoms with Crippen molar-refractivity contribution in [2.24, 2.45) is 5.73 Å². The van der Waals surface area contributed by atoms with Crippen molar-refractivity contribution in [3.8, 4) is 11.5 Å². The van der Waals surface area contributed by atoms with Gasteiger partial charge in [0.2, 0.25) is 0 Å². The van der Waals surface area contributed by atoms with Crippen LogP contribution in [0.2, 0.25) is 0 Å². The van der Waals surface area contributed by atoms with Gasteiger partial charge in [0.1, 0.15) is 0 Å². The molecule has 5 nitrogen and oxygen atoms in total. The largest absolute Gasteiger partial charge is 0.493 e. The van der Waals surface area contributed by atoms with Gasteiger partial charge in [-0.15, -0.1) is 0 Å². The van der Waals surface area contributed by atoms with Gasteiger partial charge in [-0.25, -0.2) is 0 Å². The molecule has 1 fully saturated rings. The number of rotatable bonds is 5. The normalized spacial score (nSPS) is 16.4. The third-order valence-corrected chi connectivity index (χ3v) is 3.77. The first kappa shape index (κ1) is 15.6. The number of nitrogens with zero attached hydrogens (tertiary/aromatic N) is 1. The monoisotopic (exact) mass is 292 g/mol. The first-order valence-corrected chi connectivity index (χ1v) is 7.46. The number of amides is 1. The van der Waals surface area contributed by atoms with E-state index in [4.69, 9.17) is 15.2 Å². The predicted octanol–water partition coefficient (Wildman–Crippen LogP) is 2.11. The molecule has 0 aliphatic carbocycles. The summed E-state index contributed by atoms with van der Waals surface area (Å²) in [4.78, 5) is 14.0. The highest BCUT2D eigenvalue weighted by molar-refractivity contribution is 5.78. The van der Waals surface area contributed by atoms with E-state index in [0.717, 1.165) is 31.5 Å². The second-order valence-electron chi connectivity index (χ2n) is 5.43. The number of nitrogens with two attached hydrogens (primary N) is 1. The van der Waals surface area contributed by atoms with Crippen LogP contribution in [0.25, 0.3) is 0 Å². The quantitative estimate of drug-likeness (QED) is 0.902. The predicted molar refractivity (Wildman–Crippen MR) is 81.5 cm³/mol. The Morgan fingerprint density at radius 3 is 2.62 bits per heavy atom. The Labute approximate surface area is 126 Å². The van der Waals surface area contributed by atoms with E-state index in [2.05, 4.69) is 0 Å². The van der Waals surface area contributed by atoms with Crippen LogP contribution in [0, 0.1) is 0 Å². The zero-order valence-corrected chi connectivity index (χ0v) is 12.8. The molecule has 1 aliphatic rings. The van der Waals surface area contributed by atoms with Crippen LogP contribution in [0.15, 0.2) is 18.2 Å². The third kappa shape index (κ3) is 4.11. The summed E-state index contributed by atoms with van der Waals surface area (Å²) in [5.74, 6) is 1.22. The highest BCUT2D eigenvalue weighted by Gasteiger charge is 2.17. The van der Waals surface area contributed by atoms with E-state index in [9.17, 15) is 4.79 Å². The molecule has 1 aromatic rings. The molecule has 0 bridgehead atoms. The molecular formula is C16H24N2O3. The van der Waals surface area contributed by atoms with E-state index >= 15 is 0 Å². The Kier molecular flexibility index (Phi) is 5.44. The summed E-state index contributed by atoms with van der Waals surface area (Å²) in [6.07, 6.45) is 3.37. The molecule has 2 rings (SSSR count). The van der Waals surface area contributed by atoms with Gasteiger partial charge in [-0.1, -0.05) is 6.07 Å². The molecule has 0 spiro atoms. The maximum absolute atomic E-state index is 12.1. The van der Waals surface area contributed by atoms with Crippen LogP contribution in [0.4, 0.5) is 0 Å². The van der Waals surface area contributed by atoms with Gasteiger partial charge in [-0.3, -0.25) is 4.79 Å². The molecule has 0 aromatic heterocycles. The minimum absolute atomic E-state index is 0.0352. The number of carbonyl (C=O) groups excluding carboxylic acids is 1. The maximum Gasteiger partial charge on any atom is 0.260 e. The summed E-state index contributed by atoms with van der Waals surface area (Å²) >= 11 is 0. The number of hydrogen-bond acceptors (Lipinski definition) is 4. The number of carbonyl (C=O) groups is 1. The average Bonchev–Trinajstić information content (AvgIpc) is 2.53. The van der Waals surface area contributed by atoms with E-state index in [-0.39, 0.29) is 18.6 Å². The molecule has 1 aromatic carbocycles. The summed E-state index contributed by atoms with van der Waals surface area (Å²) in [6, 6.07) is 5.49. The van der Waals surface area contributed by atoms with Crippen molar-refractivity contribution in [2.75, 3.05) is 26.8 Å². The van der Waals surface area contributed by atoms with Crippen molar-refractivity contribution >= 4 is 5.91 Å². The number of piperidine rings is 1. The van der Waals surface area contributed by atoms with Gasteiger partial charge in [0.05, 0.1) is 7.11 Å². The first-order chi connectivity index (χ1) is 10.1. The number of hydrogen-bond donors (Lipinski definition) is 1. The molecule has 1 amide bonds. The third-order valence-electron chi connectivity index (χ3n) is 3.77. The lowest BCUT2D eigenvalue weighted by atomic mass is 10.1. The lowest BCUT2D eigenvalue weighted by Gasteiger charge is -2.26. The van der Waals surface area contributed by atoms with E-state index in [1.807, 2.05) is 24.0 Å². The number of likely N-dealkylation sites (tertiary alicyclic amines) is 1. The fourth-order valence-corrected chi connectivity index (χ4v) is 2.46. The van der Waals surface area contributed by atoms with Crippen molar-refractivity contribution < 1.29 is 14.3 Å². The molecule has 1 heterocycles. The van der Waals surface area contributed by atoms with Crippen LogP contribution in [0.1, 0.15) is 37.8 Å². The summed E-state index contributed by atoms with van der Waals surface area (Å²) in [5.41, 5.74) is 6.82. The molecule has 0 radical (unpaired) electrons. The first-order valence-electron chi connectivity index (χ1n) is 7.46. The molecule has 0 unspecified atom stereocenters.